The lowest BCUT2D eigenvalue weighted by atomic mass is 9.96. The second-order valence-electron chi connectivity index (χ2n) is 17.5. The summed E-state index contributed by atoms with van der Waals surface area (Å²) in [5, 5.41) is 30.6. The summed E-state index contributed by atoms with van der Waals surface area (Å²) in [5.74, 6) is 2.01. The summed E-state index contributed by atoms with van der Waals surface area (Å²) in [6.45, 7) is 6.41. The maximum Gasteiger partial charge on any atom is 0.354 e. The van der Waals surface area contributed by atoms with Gasteiger partial charge in [-0.15, -0.1) is 0 Å². The van der Waals surface area contributed by atoms with E-state index in [1.807, 2.05) is 73.7 Å². The maximum atomic E-state index is 12.6. The number of carboxylic acids is 1. The maximum absolute atomic E-state index is 12.6. The van der Waals surface area contributed by atoms with E-state index in [1.54, 1.807) is 21.9 Å². The molecule has 23 heteroatoms. The highest BCUT2D eigenvalue weighted by Gasteiger charge is 2.29. The van der Waals surface area contributed by atoms with Gasteiger partial charge in [0.1, 0.15) is 17.2 Å². The van der Waals surface area contributed by atoms with Crippen LogP contribution >= 0.6 is 0 Å². The van der Waals surface area contributed by atoms with Crippen molar-refractivity contribution in [2.75, 3.05) is 53.5 Å². The van der Waals surface area contributed by atoms with Crippen LogP contribution in [0.1, 0.15) is 81.7 Å². The molecule has 73 heavy (non-hydrogen) atoms. The van der Waals surface area contributed by atoms with E-state index >= 15 is 0 Å². The lowest BCUT2D eigenvalue weighted by Crippen LogP contribution is -2.43. The molecule has 2 aliphatic heterocycles. The van der Waals surface area contributed by atoms with Crippen LogP contribution in [0.15, 0.2) is 82.1 Å². The quantitative estimate of drug-likeness (QED) is 0.156. The van der Waals surface area contributed by atoms with Crippen LogP contribution in [0.2, 0.25) is 0 Å². The standard InChI is InChI=1S/C25H27N7O4.C18H22N6O2.C7H7NO3/c1-15-19-5-4-17(12-21(19)31(2)29-15)23-28-25(36-30-23)16-7-10-32(11-8-16)22(33)14-27-24(34)20-13-18(35-3)6-9-26-20;1-11-14-4-3-13(9-15(14)23(2)21-11)17-20-18(26-22-17)12-5-7-24(8-6-12)16(25)10-19;1-11-5-2-3-8-6(4-5)7(9)10/h4-6,9,12-13,16H,7-8,10-11,14H2,1-3H3,(H,27,34);3-4,9,12H,5-8,10,19H2,1-2H3;2-4H,1H3,(H,9,10). The van der Waals surface area contributed by atoms with Crippen LogP contribution in [0.5, 0.6) is 11.5 Å². The Morgan fingerprint density at radius 1 is 0.671 bits per heavy atom. The first-order valence-corrected chi connectivity index (χ1v) is 23.5. The number of pyridine rings is 2. The number of carbonyl (C=O) groups is 4. The minimum atomic E-state index is -1.05. The Labute approximate surface area is 418 Å². The highest BCUT2D eigenvalue weighted by atomic mass is 16.5. The lowest BCUT2D eigenvalue weighted by molar-refractivity contribution is -0.131. The normalized spacial score (nSPS) is 14.0. The Kier molecular flexibility index (Phi) is 15.8. The Bertz CT molecular complexity index is 3250. The molecule has 2 saturated heterocycles. The second-order valence-corrected chi connectivity index (χ2v) is 17.5. The number of methoxy groups -OCH3 is 2. The fraction of sp³-hybridized carbons (Fsp3) is 0.360. The zero-order chi connectivity index (χ0) is 51.8. The van der Waals surface area contributed by atoms with Gasteiger partial charge in [-0.3, -0.25) is 28.7 Å². The number of benzene rings is 2. The number of ether oxygens (including phenoxy) is 2. The van der Waals surface area contributed by atoms with Crippen molar-refractivity contribution in [1.82, 2.24) is 64.9 Å². The molecular formula is C50H56N14O9. The van der Waals surface area contributed by atoms with Crippen LogP contribution in [-0.4, -0.2) is 142 Å². The number of aromatic carboxylic acids is 1. The van der Waals surface area contributed by atoms with Gasteiger partial charge in [0.15, 0.2) is 5.69 Å². The first kappa shape index (κ1) is 50.8. The number of aromatic nitrogens is 10. The van der Waals surface area contributed by atoms with Crippen LogP contribution in [0.3, 0.4) is 0 Å². The third-order valence-corrected chi connectivity index (χ3v) is 12.8. The van der Waals surface area contributed by atoms with Gasteiger partial charge in [0.25, 0.3) is 5.91 Å². The number of amides is 3. The molecule has 2 fully saturated rings. The van der Waals surface area contributed by atoms with Gasteiger partial charge < -0.3 is 44.5 Å². The van der Waals surface area contributed by atoms with Crippen molar-refractivity contribution < 1.29 is 42.8 Å². The van der Waals surface area contributed by atoms with Crippen LogP contribution < -0.4 is 20.5 Å². The number of nitrogens with one attached hydrogen (secondary N) is 1. The summed E-state index contributed by atoms with van der Waals surface area (Å²) in [7, 11) is 6.83. The number of likely N-dealkylation sites (tertiary alicyclic amines) is 2. The zero-order valence-electron chi connectivity index (χ0n) is 41.3. The highest BCUT2D eigenvalue weighted by Crippen LogP contribution is 2.32. The van der Waals surface area contributed by atoms with Crippen molar-refractivity contribution in [3.8, 4) is 34.3 Å². The first-order valence-electron chi connectivity index (χ1n) is 23.5. The molecule has 0 spiro atoms. The van der Waals surface area contributed by atoms with Gasteiger partial charge in [0, 0.05) is 98.5 Å². The van der Waals surface area contributed by atoms with Crippen LogP contribution in [0, 0.1) is 13.8 Å². The molecule has 380 valence electrons. The van der Waals surface area contributed by atoms with E-state index in [4.69, 9.17) is 29.4 Å². The molecular weight excluding hydrogens is 941 g/mol. The van der Waals surface area contributed by atoms with Crippen molar-refractivity contribution >= 4 is 45.5 Å². The SMILES string of the molecule is COc1ccnc(C(=O)NCC(=O)N2CCC(c3nc(-c4ccc5c(C)nn(C)c5c4)no3)CC2)c1.COc1ccnc(C(=O)O)c1.Cc1nn(C)c2cc(-c3noc(C4CCN(C(=O)CN)CC4)n3)ccc12. The smallest absolute Gasteiger partial charge is 0.354 e. The van der Waals surface area contributed by atoms with E-state index in [0.29, 0.717) is 73.9 Å². The molecule has 0 bridgehead atoms. The van der Waals surface area contributed by atoms with Crippen molar-refractivity contribution in [1.29, 1.82) is 0 Å². The first-order chi connectivity index (χ1) is 35.2. The second kappa shape index (κ2) is 22.6. The molecule has 4 N–H and O–H groups in total. The third-order valence-electron chi connectivity index (χ3n) is 12.8. The number of carboxylic acid groups (broad SMARTS) is 1. The van der Waals surface area contributed by atoms with E-state index < -0.39 is 11.9 Å². The van der Waals surface area contributed by atoms with Gasteiger partial charge in [-0.2, -0.15) is 20.2 Å². The minimum absolute atomic E-state index is 0.00515. The summed E-state index contributed by atoms with van der Waals surface area (Å²) >= 11 is 0. The monoisotopic (exact) mass is 996 g/mol. The number of piperidine rings is 2. The van der Waals surface area contributed by atoms with Crippen LogP contribution in [0.25, 0.3) is 44.6 Å². The van der Waals surface area contributed by atoms with Gasteiger partial charge >= 0.3 is 5.97 Å². The van der Waals surface area contributed by atoms with Crippen molar-refractivity contribution in [3.63, 3.8) is 0 Å². The number of hydrogen-bond acceptors (Lipinski definition) is 17. The molecule has 2 aromatic carbocycles. The fourth-order valence-corrected chi connectivity index (χ4v) is 8.75. The number of fused-ring (bicyclic) bond motifs is 2. The molecule has 2 aliphatic rings. The molecule has 10 rings (SSSR count). The molecule has 0 radical (unpaired) electrons. The van der Waals surface area contributed by atoms with Gasteiger partial charge in [0.2, 0.25) is 35.2 Å². The fourth-order valence-electron chi connectivity index (χ4n) is 8.75. The van der Waals surface area contributed by atoms with Gasteiger partial charge in [0.05, 0.1) is 49.7 Å². The molecule has 0 atom stereocenters. The predicted octanol–water partition coefficient (Wildman–Crippen LogP) is 4.86. The zero-order valence-corrected chi connectivity index (χ0v) is 41.3. The Morgan fingerprint density at radius 2 is 1.12 bits per heavy atom. The Hall–Kier alpha value is -8.60. The summed E-state index contributed by atoms with van der Waals surface area (Å²) in [6, 6.07) is 18.2. The topological polar surface area (TPSA) is 291 Å². The molecule has 0 unspecified atom stereocenters. The number of aryl methyl sites for hydroxylation is 4. The van der Waals surface area contributed by atoms with E-state index in [0.717, 1.165) is 57.2 Å². The molecule has 0 aliphatic carbocycles. The number of hydrogen-bond donors (Lipinski definition) is 3. The van der Waals surface area contributed by atoms with E-state index in [9.17, 15) is 19.2 Å². The minimum Gasteiger partial charge on any atom is -0.497 e. The molecule has 3 amide bonds. The Balaban J connectivity index is 0.000000167. The average Bonchev–Trinajstić information content (AvgIpc) is 4.24. The number of rotatable bonds is 11. The summed E-state index contributed by atoms with van der Waals surface area (Å²) in [4.78, 5) is 67.4. The average molecular weight is 997 g/mol. The number of nitrogens with two attached hydrogens (primary N) is 1. The summed E-state index contributed by atoms with van der Waals surface area (Å²) in [5.41, 5.74) is 11.4. The molecule has 8 heterocycles. The third kappa shape index (κ3) is 11.8. The van der Waals surface area contributed by atoms with E-state index in [1.165, 1.54) is 38.7 Å². The summed E-state index contributed by atoms with van der Waals surface area (Å²) in [6.07, 6.45) is 5.92. The van der Waals surface area contributed by atoms with Gasteiger partial charge in [-0.05, 0) is 63.8 Å². The van der Waals surface area contributed by atoms with Crippen molar-refractivity contribution in [2.45, 2.75) is 51.4 Å². The highest BCUT2D eigenvalue weighted by molar-refractivity contribution is 5.95. The van der Waals surface area contributed by atoms with Gasteiger partial charge in [-0.25, -0.2) is 9.78 Å². The number of carbonyl (C=O) groups excluding carboxylic acids is 3. The molecule has 8 aromatic rings. The van der Waals surface area contributed by atoms with Gasteiger partial charge in [-0.1, -0.05) is 34.6 Å². The van der Waals surface area contributed by atoms with Crippen LogP contribution in [0.4, 0.5) is 0 Å². The van der Waals surface area contributed by atoms with E-state index in [2.05, 4.69) is 45.8 Å². The van der Waals surface area contributed by atoms with Crippen molar-refractivity contribution in [3.05, 3.63) is 108 Å². The predicted molar refractivity (Wildman–Crippen MR) is 265 cm³/mol. The Morgan fingerprint density at radius 3 is 1.58 bits per heavy atom. The molecule has 6 aromatic heterocycles. The van der Waals surface area contributed by atoms with Crippen LogP contribution in [-0.2, 0) is 23.7 Å². The van der Waals surface area contributed by atoms with E-state index in [-0.39, 0.29) is 48.1 Å². The molecule has 23 nitrogen and oxygen atoms in total. The molecule has 0 saturated carbocycles. The summed E-state index contributed by atoms with van der Waals surface area (Å²) < 4.78 is 24.7. The largest absolute Gasteiger partial charge is 0.497 e. The lowest BCUT2D eigenvalue weighted by Gasteiger charge is -2.30. The van der Waals surface area contributed by atoms with Crippen molar-refractivity contribution in [2.24, 2.45) is 19.8 Å². The number of nitrogens with zero attached hydrogens (tertiary/aromatic N) is 12.